The molecule has 2 N–H and O–H groups in total. The summed E-state index contributed by atoms with van der Waals surface area (Å²) in [5.74, 6) is -1.11. The van der Waals surface area contributed by atoms with E-state index in [1.165, 1.54) is 6.26 Å². The van der Waals surface area contributed by atoms with Crippen molar-refractivity contribution in [2.45, 2.75) is 25.3 Å². The SMILES string of the molecule is Cc1ccc(C)c(NC(=O)c2cc(S(=O)(=O)NCc3ccco3)ccc2F)c1. The monoisotopic (exact) mass is 402 g/mol. The van der Waals surface area contributed by atoms with Crippen LogP contribution in [-0.2, 0) is 16.6 Å². The molecule has 0 atom stereocenters. The molecule has 0 bridgehead atoms. The second-order valence-corrected chi connectivity index (χ2v) is 8.09. The molecule has 2 aromatic carbocycles. The molecule has 1 aromatic heterocycles. The Morgan fingerprint density at radius 3 is 2.61 bits per heavy atom. The van der Waals surface area contributed by atoms with Crippen molar-refractivity contribution in [1.29, 1.82) is 0 Å². The van der Waals surface area contributed by atoms with E-state index in [0.29, 0.717) is 11.4 Å². The Kier molecular flexibility index (Phi) is 5.62. The van der Waals surface area contributed by atoms with Gasteiger partial charge in [-0.2, -0.15) is 0 Å². The highest BCUT2D eigenvalue weighted by Gasteiger charge is 2.20. The summed E-state index contributed by atoms with van der Waals surface area (Å²) < 4.78 is 46.6. The average molecular weight is 402 g/mol. The molecule has 1 amide bonds. The van der Waals surface area contributed by atoms with Crippen molar-refractivity contribution in [2.75, 3.05) is 5.32 Å². The molecule has 28 heavy (non-hydrogen) atoms. The smallest absolute Gasteiger partial charge is 0.258 e. The van der Waals surface area contributed by atoms with Gasteiger partial charge in [-0.15, -0.1) is 0 Å². The van der Waals surface area contributed by atoms with Gasteiger partial charge in [-0.3, -0.25) is 4.79 Å². The molecule has 0 radical (unpaired) electrons. The molecule has 1 heterocycles. The van der Waals surface area contributed by atoms with Crippen LogP contribution in [0.25, 0.3) is 0 Å². The van der Waals surface area contributed by atoms with Crippen LogP contribution in [0, 0.1) is 19.7 Å². The maximum absolute atomic E-state index is 14.2. The largest absolute Gasteiger partial charge is 0.468 e. The zero-order chi connectivity index (χ0) is 20.3. The summed E-state index contributed by atoms with van der Waals surface area (Å²) in [7, 11) is -3.95. The first-order valence-electron chi connectivity index (χ1n) is 8.46. The van der Waals surface area contributed by atoms with Crippen molar-refractivity contribution in [3.8, 4) is 0 Å². The van der Waals surface area contributed by atoms with Crippen LogP contribution in [0.3, 0.4) is 0 Å². The highest BCUT2D eigenvalue weighted by Crippen LogP contribution is 2.20. The molecule has 0 saturated carbocycles. The second-order valence-electron chi connectivity index (χ2n) is 6.32. The van der Waals surface area contributed by atoms with Crippen molar-refractivity contribution in [3.05, 3.63) is 83.1 Å². The van der Waals surface area contributed by atoms with Gasteiger partial charge < -0.3 is 9.73 Å². The molecule has 0 saturated heterocycles. The number of nitrogens with one attached hydrogen (secondary N) is 2. The molecule has 0 aliphatic rings. The fourth-order valence-corrected chi connectivity index (χ4v) is 3.59. The summed E-state index contributed by atoms with van der Waals surface area (Å²) in [6.45, 7) is 3.62. The number of sulfonamides is 1. The predicted octanol–water partition coefficient (Wildman–Crippen LogP) is 3.77. The Balaban J connectivity index is 1.84. The van der Waals surface area contributed by atoms with Gasteiger partial charge in [0.2, 0.25) is 10.0 Å². The average Bonchev–Trinajstić information content (AvgIpc) is 3.17. The van der Waals surface area contributed by atoms with Gasteiger partial charge in [0.05, 0.1) is 23.3 Å². The van der Waals surface area contributed by atoms with Crippen LogP contribution in [0.1, 0.15) is 27.2 Å². The fraction of sp³-hybridized carbons (Fsp3) is 0.150. The van der Waals surface area contributed by atoms with Crippen molar-refractivity contribution in [3.63, 3.8) is 0 Å². The number of hydrogen-bond donors (Lipinski definition) is 2. The third kappa shape index (κ3) is 4.47. The van der Waals surface area contributed by atoms with E-state index in [1.807, 2.05) is 26.0 Å². The minimum absolute atomic E-state index is 0.0588. The van der Waals surface area contributed by atoms with E-state index >= 15 is 0 Å². The number of rotatable bonds is 6. The number of amides is 1. The second kappa shape index (κ2) is 7.95. The first-order chi connectivity index (χ1) is 13.3. The van der Waals surface area contributed by atoms with Crippen molar-refractivity contribution in [2.24, 2.45) is 0 Å². The van der Waals surface area contributed by atoms with Crippen molar-refractivity contribution in [1.82, 2.24) is 4.72 Å². The van der Waals surface area contributed by atoms with E-state index in [4.69, 9.17) is 4.42 Å². The molecular formula is C20H19FN2O4S. The zero-order valence-corrected chi connectivity index (χ0v) is 16.1. The standard InChI is InChI=1S/C20H19FN2O4S/c1-13-5-6-14(2)19(10-13)23-20(24)17-11-16(7-8-18(17)21)28(25,26)22-12-15-4-3-9-27-15/h3-11,22H,12H2,1-2H3,(H,23,24). The number of benzene rings is 2. The van der Waals surface area contributed by atoms with Crippen LogP contribution in [-0.4, -0.2) is 14.3 Å². The van der Waals surface area contributed by atoms with E-state index in [0.717, 1.165) is 29.3 Å². The van der Waals surface area contributed by atoms with Crippen LogP contribution in [0.4, 0.5) is 10.1 Å². The van der Waals surface area contributed by atoms with E-state index in [2.05, 4.69) is 10.0 Å². The number of carbonyl (C=O) groups is 1. The van der Waals surface area contributed by atoms with Crippen LogP contribution < -0.4 is 10.0 Å². The molecule has 8 heteroatoms. The van der Waals surface area contributed by atoms with Gasteiger partial charge >= 0.3 is 0 Å². The van der Waals surface area contributed by atoms with Crippen LogP contribution >= 0.6 is 0 Å². The summed E-state index contributed by atoms with van der Waals surface area (Å²) in [6.07, 6.45) is 1.43. The molecule has 0 spiro atoms. The summed E-state index contributed by atoms with van der Waals surface area (Å²) in [5.41, 5.74) is 1.92. The first kappa shape index (κ1) is 19.8. The molecule has 6 nitrogen and oxygen atoms in total. The zero-order valence-electron chi connectivity index (χ0n) is 15.3. The van der Waals surface area contributed by atoms with Gasteiger partial charge in [-0.25, -0.2) is 17.5 Å². The lowest BCUT2D eigenvalue weighted by Gasteiger charge is -2.11. The van der Waals surface area contributed by atoms with Gasteiger partial charge in [0.25, 0.3) is 5.91 Å². The lowest BCUT2D eigenvalue weighted by molar-refractivity contribution is 0.102. The summed E-state index contributed by atoms with van der Waals surface area (Å²) in [6, 6.07) is 11.8. The Hall–Kier alpha value is -2.97. The molecule has 146 valence electrons. The van der Waals surface area contributed by atoms with E-state index in [-0.39, 0.29) is 17.0 Å². The third-order valence-corrected chi connectivity index (χ3v) is 5.55. The molecule has 3 rings (SSSR count). The lowest BCUT2D eigenvalue weighted by Crippen LogP contribution is -2.24. The van der Waals surface area contributed by atoms with Gasteiger partial charge in [-0.05, 0) is 61.4 Å². The van der Waals surface area contributed by atoms with Crippen molar-refractivity contribution < 1.29 is 22.0 Å². The molecule has 3 aromatic rings. The number of hydrogen-bond acceptors (Lipinski definition) is 4. The highest BCUT2D eigenvalue weighted by atomic mass is 32.2. The Labute approximate surface area is 162 Å². The number of anilines is 1. The van der Waals surface area contributed by atoms with E-state index < -0.39 is 21.7 Å². The molecule has 0 aliphatic carbocycles. The van der Waals surface area contributed by atoms with Gasteiger partial charge in [-0.1, -0.05) is 12.1 Å². The topological polar surface area (TPSA) is 88.4 Å². The quantitative estimate of drug-likeness (QED) is 0.657. The highest BCUT2D eigenvalue weighted by molar-refractivity contribution is 7.89. The summed E-state index contributed by atoms with van der Waals surface area (Å²) in [4.78, 5) is 12.3. The molecule has 0 unspecified atom stereocenters. The maximum Gasteiger partial charge on any atom is 0.258 e. The van der Waals surface area contributed by atoms with E-state index in [9.17, 15) is 17.6 Å². The third-order valence-electron chi connectivity index (χ3n) is 4.15. The van der Waals surface area contributed by atoms with Crippen molar-refractivity contribution >= 4 is 21.6 Å². The Bertz CT molecular complexity index is 1110. The minimum Gasteiger partial charge on any atom is -0.468 e. The molecular weight excluding hydrogens is 383 g/mol. The fourth-order valence-electron chi connectivity index (χ4n) is 2.57. The van der Waals surface area contributed by atoms with Crippen LogP contribution in [0.2, 0.25) is 0 Å². The van der Waals surface area contributed by atoms with Gasteiger partial charge in [0, 0.05) is 5.69 Å². The molecule has 0 fully saturated rings. The Morgan fingerprint density at radius 1 is 1.11 bits per heavy atom. The molecule has 0 aliphatic heterocycles. The van der Waals surface area contributed by atoms with E-state index in [1.54, 1.807) is 18.2 Å². The van der Waals surface area contributed by atoms with Gasteiger partial charge in [0.15, 0.2) is 0 Å². The minimum atomic E-state index is -3.95. The summed E-state index contributed by atoms with van der Waals surface area (Å²) >= 11 is 0. The number of halogens is 1. The summed E-state index contributed by atoms with van der Waals surface area (Å²) in [5, 5.41) is 2.63. The van der Waals surface area contributed by atoms with Gasteiger partial charge in [0.1, 0.15) is 11.6 Å². The normalized spacial score (nSPS) is 11.4. The Morgan fingerprint density at radius 2 is 1.89 bits per heavy atom. The number of furan rings is 1. The maximum atomic E-state index is 14.2. The number of carbonyl (C=O) groups excluding carboxylic acids is 1. The number of aryl methyl sites for hydroxylation is 2. The predicted molar refractivity (Wildman–Crippen MR) is 103 cm³/mol. The lowest BCUT2D eigenvalue weighted by atomic mass is 10.1. The first-order valence-corrected chi connectivity index (χ1v) is 9.95. The van der Waals surface area contributed by atoms with Crippen LogP contribution in [0.15, 0.2) is 64.1 Å². The van der Waals surface area contributed by atoms with Crippen LogP contribution in [0.5, 0.6) is 0 Å².